The highest BCUT2D eigenvalue weighted by atomic mass is 16.5. The number of methoxy groups -OCH3 is 1. The molecule has 0 aliphatic rings. The van der Waals surface area contributed by atoms with Crippen molar-refractivity contribution in [3.8, 4) is 0 Å². The van der Waals surface area contributed by atoms with Gasteiger partial charge in [-0.1, -0.05) is 13.8 Å². The fourth-order valence-electron chi connectivity index (χ4n) is 1.89. The number of carboxylic acids is 1. The Morgan fingerprint density at radius 2 is 2.05 bits per heavy atom. The maximum Gasteiger partial charge on any atom is 0.311 e. The van der Waals surface area contributed by atoms with Gasteiger partial charge in [0, 0.05) is 7.11 Å². The number of hydrogen-bond acceptors (Lipinski definition) is 6. The van der Waals surface area contributed by atoms with Crippen LogP contribution in [0.15, 0.2) is 0 Å². The third-order valence-corrected chi connectivity index (χ3v) is 3.53. The predicted octanol–water partition coefficient (Wildman–Crippen LogP) is 0.727. The Labute approximate surface area is 118 Å². The Balaban J connectivity index is 2.72. The largest absolute Gasteiger partial charge is 0.481 e. The minimum atomic E-state index is -0.851. The quantitative estimate of drug-likeness (QED) is 0.633. The highest BCUT2D eigenvalue weighted by Gasteiger charge is 2.36. The van der Waals surface area contributed by atoms with Gasteiger partial charge in [0.1, 0.15) is 6.61 Å². The summed E-state index contributed by atoms with van der Waals surface area (Å²) in [4.78, 5) is 11.5. The lowest BCUT2D eigenvalue weighted by molar-refractivity contribution is -0.150. The summed E-state index contributed by atoms with van der Waals surface area (Å²) >= 11 is 0. The number of aliphatic carboxylic acids is 1. The van der Waals surface area contributed by atoms with Crippen LogP contribution in [-0.2, 0) is 27.4 Å². The third-order valence-electron chi connectivity index (χ3n) is 3.53. The van der Waals surface area contributed by atoms with Gasteiger partial charge in [-0.05, 0) is 23.3 Å². The summed E-state index contributed by atoms with van der Waals surface area (Å²) in [7, 11) is 1.59. The van der Waals surface area contributed by atoms with E-state index in [9.17, 15) is 9.90 Å². The molecule has 0 saturated heterocycles. The van der Waals surface area contributed by atoms with Crippen LogP contribution in [0.5, 0.6) is 0 Å². The van der Waals surface area contributed by atoms with Gasteiger partial charge < -0.3 is 14.6 Å². The fourth-order valence-corrected chi connectivity index (χ4v) is 1.89. The molecule has 1 heterocycles. The molecule has 0 spiro atoms. The van der Waals surface area contributed by atoms with Crippen molar-refractivity contribution >= 4 is 5.97 Å². The molecule has 0 amide bonds. The summed E-state index contributed by atoms with van der Waals surface area (Å²) in [5.74, 6) is -0.308. The molecule has 0 bridgehead atoms. The summed E-state index contributed by atoms with van der Waals surface area (Å²) in [5.41, 5.74) is -0.851. The molecule has 0 aliphatic heterocycles. The van der Waals surface area contributed by atoms with Crippen molar-refractivity contribution in [2.24, 2.45) is 5.41 Å². The molecule has 0 fully saturated rings. The molecule has 1 rings (SSSR count). The van der Waals surface area contributed by atoms with E-state index in [4.69, 9.17) is 9.47 Å². The minimum Gasteiger partial charge on any atom is -0.481 e. The van der Waals surface area contributed by atoms with Gasteiger partial charge in [-0.15, -0.1) is 5.10 Å². The van der Waals surface area contributed by atoms with Crippen molar-refractivity contribution in [2.45, 2.75) is 39.8 Å². The molecule has 0 aliphatic carbocycles. The Morgan fingerprint density at radius 3 is 2.60 bits per heavy atom. The molecular weight excluding hydrogens is 264 g/mol. The monoisotopic (exact) mass is 286 g/mol. The molecule has 8 heteroatoms. The first-order valence-electron chi connectivity index (χ1n) is 6.64. The normalized spacial score (nSPS) is 11.8. The minimum absolute atomic E-state index is 0.236. The number of hydrogen-bond donors (Lipinski definition) is 1. The molecule has 114 valence electrons. The SMILES string of the molecule is CCC(CC)(Cn1nnnc1COCCOC)C(=O)O. The Morgan fingerprint density at radius 1 is 1.35 bits per heavy atom. The second-order valence-corrected chi connectivity index (χ2v) is 4.59. The van der Waals surface area contributed by atoms with Gasteiger partial charge in [-0.2, -0.15) is 0 Å². The van der Waals surface area contributed by atoms with Crippen LogP contribution in [0, 0.1) is 5.41 Å². The van der Waals surface area contributed by atoms with Crippen LogP contribution in [0.2, 0.25) is 0 Å². The van der Waals surface area contributed by atoms with Gasteiger partial charge in [0.2, 0.25) is 0 Å². The van der Waals surface area contributed by atoms with Crippen LogP contribution >= 0.6 is 0 Å². The van der Waals surface area contributed by atoms with Crippen molar-refractivity contribution in [1.82, 2.24) is 20.2 Å². The molecule has 1 aromatic heterocycles. The molecule has 0 aromatic carbocycles. The smallest absolute Gasteiger partial charge is 0.311 e. The Hall–Kier alpha value is -1.54. The second-order valence-electron chi connectivity index (χ2n) is 4.59. The topological polar surface area (TPSA) is 99.4 Å². The zero-order valence-corrected chi connectivity index (χ0v) is 12.2. The highest BCUT2D eigenvalue weighted by molar-refractivity contribution is 5.74. The molecule has 8 nitrogen and oxygen atoms in total. The summed E-state index contributed by atoms with van der Waals surface area (Å²) in [6.07, 6.45) is 1.03. The zero-order chi connectivity index (χ0) is 15.0. The maximum atomic E-state index is 11.5. The molecule has 0 radical (unpaired) electrons. The first-order valence-corrected chi connectivity index (χ1v) is 6.64. The average Bonchev–Trinajstić information content (AvgIpc) is 2.88. The highest BCUT2D eigenvalue weighted by Crippen LogP contribution is 2.29. The average molecular weight is 286 g/mol. The summed E-state index contributed by atoms with van der Waals surface area (Å²) in [5, 5.41) is 20.7. The van der Waals surface area contributed by atoms with E-state index in [0.717, 1.165) is 0 Å². The van der Waals surface area contributed by atoms with Crippen molar-refractivity contribution in [1.29, 1.82) is 0 Å². The lowest BCUT2D eigenvalue weighted by Crippen LogP contribution is -2.35. The molecule has 0 unspecified atom stereocenters. The number of aromatic nitrogens is 4. The van der Waals surface area contributed by atoms with Crippen molar-refractivity contribution in [3.63, 3.8) is 0 Å². The maximum absolute atomic E-state index is 11.5. The van der Waals surface area contributed by atoms with Crippen LogP contribution in [0.25, 0.3) is 0 Å². The molecule has 1 aromatic rings. The number of ether oxygens (including phenoxy) is 2. The number of carbonyl (C=O) groups is 1. The number of carboxylic acid groups (broad SMARTS) is 1. The van der Waals surface area contributed by atoms with Gasteiger partial charge in [0.15, 0.2) is 5.82 Å². The Kier molecular flexibility index (Phi) is 6.53. The van der Waals surface area contributed by atoms with E-state index in [2.05, 4.69) is 15.5 Å². The number of tetrazole rings is 1. The van der Waals surface area contributed by atoms with E-state index < -0.39 is 11.4 Å². The van der Waals surface area contributed by atoms with E-state index >= 15 is 0 Å². The first kappa shape index (κ1) is 16.5. The Bertz CT molecular complexity index is 417. The van der Waals surface area contributed by atoms with Crippen LogP contribution < -0.4 is 0 Å². The molecular formula is C12H22N4O4. The zero-order valence-electron chi connectivity index (χ0n) is 12.2. The van der Waals surface area contributed by atoms with Crippen LogP contribution in [0.4, 0.5) is 0 Å². The number of rotatable bonds is 10. The van der Waals surface area contributed by atoms with Gasteiger partial charge in [-0.3, -0.25) is 4.79 Å². The third kappa shape index (κ3) is 3.97. The molecule has 0 atom stereocenters. The van der Waals surface area contributed by atoms with Crippen LogP contribution in [0.1, 0.15) is 32.5 Å². The number of nitrogens with zero attached hydrogens (tertiary/aromatic N) is 4. The first-order chi connectivity index (χ1) is 9.59. The molecule has 20 heavy (non-hydrogen) atoms. The van der Waals surface area contributed by atoms with E-state index in [1.807, 2.05) is 13.8 Å². The van der Waals surface area contributed by atoms with Crippen molar-refractivity contribution < 1.29 is 19.4 Å². The summed E-state index contributed by atoms with van der Waals surface area (Å²) < 4.78 is 11.8. The van der Waals surface area contributed by atoms with Gasteiger partial charge in [0.05, 0.1) is 25.2 Å². The lowest BCUT2D eigenvalue weighted by atomic mass is 9.82. The summed E-state index contributed by atoms with van der Waals surface area (Å²) in [6.45, 7) is 5.12. The van der Waals surface area contributed by atoms with E-state index in [1.54, 1.807) is 7.11 Å². The molecule has 1 N–H and O–H groups in total. The van der Waals surface area contributed by atoms with E-state index in [-0.39, 0.29) is 13.2 Å². The summed E-state index contributed by atoms with van der Waals surface area (Å²) in [6, 6.07) is 0. The molecule has 0 saturated carbocycles. The van der Waals surface area contributed by atoms with Crippen molar-refractivity contribution in [3.05, 3.63) is 5.82 Å². The fraction of sp³-hybridized carbons (Fsp3) is 0.833. The van der Waals surface area contributed by atoms with Gasteiger partial charge >= 0.3 is 5.97 Å². The van der Waals surface area contributed by atoms with Crippen LogP contribution in [-0.4, -0.2) is 51.6 Å². The van der Waals surface area contributed by atoms with E-state index in [1.165, 1.54) is 4.68 Å². The van der Waals surface area contributed by atoms with Gasteiger partial charge in [-0.25, -0.2) is 4.68 Å². The van der Waals surface area contributed by atoms with E-state index in [0.29, 0.717) is 31.9 Å². The van der Waals surface area contributed by atoms with Crippen molar-refractivity contribution in [2.75, 3.05) is 20.3 Å². The van der Waals surface area contributed by atoms with Gasteiger partial charge in [0.25, 0.3) is 0 Å². The second kappa shape index (κ2) is 7.91. The predicted molar refractivity (Wildman–Crippen MR) is 70.0 cm³/mol. The lowest BCUT2D eigenvalue weighted by Gasteiger charge is -2.26. The standard InChI is InChI=1S/C12H22N4O4/c1-4-12(5-2,11(17)18)9-16-10(13-14-15-16)8-20-7-6-19-3/h4-9H2,1-3H3,(H,17,18). The van der Waals surface area contributed by atoms with Crippen LogP contribution in [0.3, 0.4) is 0 Å².